The molecule has 2 aromatic rings. The standard InChI is InChI=1S/C25H33NO6/c1-5-6-8-13-21(18(3)31-19-11-9-7-10-12-19)32-25(29)17(2)16-20(27)23-24(28)22(30-4)14-15-26-23/h7,9-12,14-15,17-18,21,28H,5-6,8,13,16H2,1-4H3/t17-,18+,21+/m1/s1. The molecule has 0 bridgehead atoms. The van der Waals surface area contributed by atoms with E-state index in [9.17, 15) is 14.7 Å². The SMILES string of the molecule is CCCCC[C@H](OC(=O)[C@H](C)CC(=O)c1nccc(OC)c1O)[C@H](C)Oc1ccccc1. The molecule has 1 aromatic carbocycles. The van der Waals surface area contributed by atoms with Crippen LogP contribution < -0.4 is 9.47 Å². The normalized spacial score (nSPS) is 13.6. The Labute approximate surface area is 189 Å². The first-order chi connectivity index (χ1) is 15.4. The van der Waals surface area contributed by atoms with Crippen LogP contribution in [0.1, 0.15) is 63.4 Å². The highest BCUT2D eigenvalue weighted by Crippen LogP contribution is 2.29. The number of esters is 1. The first-order valence-electron chi connectivity index (χ1n) is 11.0. The Morgan fingerprint density at radius 3 is 2.47 bits per heavy atom. The van der Waals surface area contributed by atoms with Gasteiger partial charge in [0, 0.05) is 18.7 Å². The molecular formula is C25H33NO6. The number of Topliss-reactive ketones (excluding diaryl/α,β-unsaturated/α-hetero) is 1. The van der Waals surface area contributed by atoms with Crippen LogP contribution in [0.15, 0.2) is 42.6 Å². The molecule has 1 N–H and O–H groups in total. The van der Waals surface area contributed by atoms with Crippen LogP contribution in [0.3, 0.4) is 0 Å². The molecule has 3 atom stereocenters. The number of para-hydroxylation sites is 1. The molecule has 1 aromatic heterocycles. The van der Waals surface area contributed by atoms with Crippen molar-refractivity contribution in [3.05, 3.63) is 48.3 Å². The Morgan fingerprint density at radius 2 is 1.81 bits per heavy atom. The van der Waals surface area contributed by atoms with E-state index in [4.69, 9.17) is 14.2 Å². The van der Waals surface area contributed by atoms with Gasteiger partial charge in [0.15, 0.2) is 23.0 Å². The average molecular weight is 444 g/mol. The van der Waals surface area contributed by atoms with E-state index >= 15 is 0 Å². The number of nitrogens with zero attached hydrogens (tertiary/aromatic N) is 1. The molecule has 0 unspecified atom stereocenters. The van der Waals surface area contributed by atoms with E-state index in [0.717, 1.165) is 19.3 Å². The summed E-state index contributed by atoms with van der Waals surface area (Å²) in [4.78, 5) is 29.3. The van der Waals surface area contributed by atoms with Crippen molar-refractivity contribution < 1.29 is 28.9 Å². The van der Waals surface area contributed by atoms with Gasteiger partial charge in [0.2, 0.25) is 0 Å². The molecule has 0 aliphatic heterocycles. The lowest BCUT2D eigenvalue weighted by Gasteiger charge is -2.26. The summed E-state index contributed by atoms with van der Waals surface area (Å²) in [6.07, 6.45) is 4.12. The van der Waals surface area contributed by atoms with Crippen LogP contribution in [0.25, 0.3) is 0 Å². The van der Waals surface area contributed by atoms with Crippen molar-refractivity contribution in [1.29, 1.82) is 0 Å². The van der Waals surface area contributed by atoms with E-state index in [0.29, 0.717) is 12.2 Å². The smallest absolute Gasteiger partial charge is 0.309 e. The first-order valence-corrected chi connectivity index (χ1v) is 11.0. The summed E-state index contributed by atoms with van der Waals surface area (Å²) in [7, 11) is 1.39. The number of aromatic hydroxyl groups is 1. The van der Waals surface area contributed by atoms with E-state index in [1.807, 2.05) is 37.3 Å². The molecular weight excluding hydrogens is 410 g/mol. The third-order valence-corrected chi connectivity index (χ3v) is 5.21. The minimum atomic E-state index is -0.701. The summed E-state index contributed by atoms with van der Waals surface area (Å²) in [6.45, 7) is 5.62. The minimum absolute atomic E-state index is 0.121. The molecule has 7 heteroatoms. The van der Waals surface area contributed by atoms with Crippen LogP contribution in [0, 0.1) is 5.92 Å². The van der Waals surface area contributed by atoms with E-state index < -0.39 is 23.8 Å². The van der Waals surface area contributed by atoms with Crippen molar-refractivity contribution in [2.75, 3.05) is 7.11 Å². The zero-order valence-electron chi connectivity index (χ0n) is 19.2. The van der Waals surface area contributed by atoms with Crippen LogP contribution in [0.2, 0.25) is 0 Å². The Kier molecular flexibility index (Phi) is 9.98. The van der Waals surface area contributed by atoms with Gasteiger partial charge < -0.3 is 19.3 Å². The van der Waals surface area contributed by atoms with Crippen LogP contribution in [0.5, 0.6) is 17.2 Å². The second-order valence-corrected chi connectivity index (χ2v) is 7.85. The highest BCUT2D eigenvalue weighted by atomic mass is 16.6. The Balaban J connectivity index is 2.02. The molecule has 0 aliphatic rings. The molecule has 0 saturated carbocycles. The van der Waals surface area contributed by atoms with E-state index in [2.05, 4.69) is 11.9 Å². The number of carbonyl (C=O) groups excluding carboxylic acids is 2. The van der Waals surface area contributed by atoms with Gasteiger partial charge in [-0.15, -0.1) is 0 Å². The fraction of sp³-hybridized carbons (Fsp3) is 0.480. The predicted molar refractivity (Wildman–Crippen MR) is 121 cm³/mol. The van der Waals surface area contributed by atoms with Gasteiger partial charge in [-0.2, -0.15) is 0 Å². The van der Waals surface area contributed by atoms with Crippen molar-refractivity contribution in [1.82, 2.24) is 4.98 Å². The molecule has 0 saturated heterocycles. The minimum Gasteiger partial charge on any atom is -0.503 e. The summed E-state index contributed by atoms with van der Waals surface area (Å²) in [5.41, 5.74) is -0.121. The number of ether oxygens (including phenoxy) is 3. The number of hydrogen-bond donors (Lipinski definition) is 1. The average Bonchev–Trinajstić information content (AvgIpc) is 2.79. The van der Waals surface area contributed by atoms with Crippen LogP contribution in [-0.4, -0.2) is 41.2 Å². The zero-order chi connectivity index (χ0) is 23.5. The van der Waals surface area contributed by atoms with Crippen molar-refractivity contribution in [2.45, 2.75) is 65.1 Å². The maximum absolute atomic E-state index is 12.8. The number of carbonyl (C=O) groups is 2. The van der Waals surface area contributed by atoms with Gasteiger partial charge in [-0.25, -0.2) is 4.98 Å². The van der Waals surface area contributed by atoms with Gasteiger partial charge >= 0.3 is 5.97 Å². The van der Waals surface area contributed by atoms with Crippen LogP contribution in [-0.2, 0) is 9.53 Å². The topological polar surface area (TPSA) is 95.0 Å². The third-order valence-electron chi connectivity index (χ3n) is 5.21. The first kappa shape index (κ1) is 25.2. The largest absolute Gasteiger partial charge is 0.503 e. The lowest BCUT2D eigenvalue weighted by molar-refractivity contribution is -0.158. The van der Waals surface area contributed by atoms with E-state index in [1.165, 1.54) is 19.4 Å². The van der Waals surface area contributed by atoms with Crippen molar-refractivity contribution in [2.24, 2.45) is 5.92 Å². The molecule has 174 valence electrons. The third kappa shape index (κ3) is 7.25. The van der Waals surface area contributed by atoms with Gasteiger partial charge in [-0.1, -0.05) is 44.9 Å². The predicted octanol–water partition coefficient (Wildman–Crippen LogP) is 4.96. The highest BCUT2D eigenvalue weighted by molar-refractivity contribution is 5.99. The molecule has 0 aliphatic carbocycles. The number of hydrogen-bond acceptors (Lipinski definition) is 7. The number of ketones is 1. The molecule has 0 spiro atoms. The number of methoxy groups -OCH3 is 1. The van der Waals surface area contributed by atoms with E-state index in [-0.39, 0.29) is 29.7 Å². The maximum atomic E-state index is 12.8. The second-order valence-electron chi connectivity index (χ2n) is 7.85. The van der Waals surface area contributed by atoms with Crippen molar-refractivity contribution in [3.63, 3.8) is 0 Å². The summed E-state index contributed by atoms with van der Waals surface area (Å²) in [6, 6.07) is 10.8. The second kappa shape index (κ2) is 12.7. The van der Waals surface area contributed by atoms with Gasteiger partial charge in [-0.3, -0.25) is 9.59 Å². The lowest BCUT2D eigenvalue weighted by Crippen LogP contribution is -2.35. The fourth-order valence-electron chi connectivity index (χ4n) is 3.30. The van der Waals surface area contributed by atoms with Gasteiger partial charge in [0.1, 0.15) is 18.0 Å². The summed E-state index contributed by atoms with van der Waals surface area (Å²) in [5, 5.41) is 10.1. The number of pyridine rings is 1. The van der Waals surface area contributed by atoms with Gasteiger partial charge in [-0.05, 0) is 31.9 Å². The summed E-state index contributed by atoms with van der Waals surface area (Å²) >= 11 is 0. The van der Waals surface area contributed by atoms with E-state index in [1.54, 1.807) is 6.92 Å². The number of benzene rings is 1. The van der Waals surface area contributed by atoms with Crippen LogP contribution in [0.4, 0.5) is 0 Å². The number of rotatable bonds is 13. The summed E-state index contributed by atoms with van der Waals surface area (Å²) < 4.78 is 16.8. The Bertz CT molecular complexity index is 870. The van der Waals surface area contributed by atoms with Crippen molar-refractivity contribution in [3.8, 4) is 17.2 Å². The molecule has 0 amide bonds. The van der Waals surface area contributed by atoms with Gasteiger partial charge in [0.05, 0.1) is 13.0 Å². The number of unbranched alkanes of at least 4 members (excludes halogenated alkanes) is 2. The molecule has 2 rings (SSSR count). The fourth-order valence-corrected chi connectivity index (χ4v) is 3.30. The molecule has 0 fully saturated rings. The number of aromatic nitrogens is 1. The molecule has 1 heterocycles. The highest BCUT2D eigenvalue weighted by Gasteiger charge is 2.28. The van der Waals surface area contributed by atoms with Crippen LogP contribution >= 0.6 is 0 Å². The summed E-state index contributed by atoms with van der Waals surface area (Å²) in [5.74, 6) is -1.11. The quantitative estimate of drug-likeness (QED) is 0.265. The zero-order valence-corrected chi connectivity index (χ0v) is 19.2. The molecule has 32 heavy (non-hydrogen) atoms. The maximum Gasteiger partial charge on any atom is 0.309 e. The Morgan fingerprint density at radius 1 is 1.09 bits per heavy atom. The Hall–Kier alpha value is -3.09. The van der Waals surface area contributed by atoms with Crippen molar-refractivity contribution >= 4 is 11.8 Å². The van der Waals surface area contributed by atoms with Gasteiger partial charge in [0.25, 0.3) is 0 Å². The lowest BCUT2D eigenvalue weighted by atomic mass is 10.0. The molecule has 7 nitrogen and oxygen atoms in total. The molecule has 0 radical (unpaired) electrons. The monoisotopic (exact) mass is 443 g/mol.